The smallest absolute Gasteiger partial charge is 0.424 e. The van der Waals surface area contributed by atoms with Gasteiger partial charge in [-0.1, -0.05) is 26.2 Å². The van der Waals surface area contributed by atoms with Crippen LogP contribution in [-0.2, 0) is 23.6 Å². The van der Waals surface area contributed by atoms with E-state index < -0.39 is 11.0 Å². The van der Waals surface area contributed by atoms with Gasteiger partial charge in [0.1, 0.15) is 0 Å². The van der Waals surface area contributed by atoms with Gasteiger partial charge < -0.3 is 12.6 Å². The van der Waals surface area contributed by atoms with Crippen LogP contribution in [0.4, 0.5) is 0 Å². The summed E-state index contributed by atoms with van der Waals surface area (Å²) in [6, 6.07) is 0. The Morgan fingerprint density at radius 1 is 1.18 bits per heavy atom. The third-order valence-electron chi connectivity index (χ3n) is 1.18. The molecular weight excluding hydrogens is 191 g/mol. The van der Waals surface area contributed by atoms with Gasteiger partial charge >= 0.3 is 51.4 Å². The van der Waals surface area contributed by atoms with Gasteiger partial charge in [0.15, 0.2) is 0 Å². The Bertz CT molecular complexity index is 128. The van der Waals surface area contributed by atoms with Gasteiger partial charge in [-0.2, -0.15) is 0 Å². The van der Waals surface area contributed by atoms with Gasteiger partial charge in [-0.25, -0.2) is 0 Å². The third kappa shape index (κ3) is 14.4. The van der Waals surface area contributed by atoms with E-state index in [-0.39, 0.29) is 51.4 Å². The van der Waals surface area contributed by atoms with Gasteiger partial charge in [0, 0.05) is 6.61 Å². The van der Waals surface area contributed by atoms with Crippen molar-refractivity contribution in [3.05, 3.63) is 0 Å². The van der Waals surface area contributed by atoms with E-state index in [9.17, 15) is 8.42 Å². The van der Waals surface area contributed by atoms with Crippen molar-refractivity contribution in [3.63, 3.8) is 0 Å². The fourth-order valence-electron chi connectivity index (χ4n) is 0.656. The first-order chi connectivity index (χ1) is 4.77. The summed E-state index contributed by atoms with van der Waals surface area (Å²) in [5.74, 6) is 0. The molecule has 0 spiro atoms. The molecule has 0 N–H and O–H groups in total. The number of unbranched alkanes of at least 4 members (excludes halogenated alkanes) is 3. The average molecular weight is 204 g/mol. The predicted octanol–water partition coefficient (Wildman–Crippen LogP) is -1.19. The molecule has 0 fully saturated rings. The van der Waals surface area contributed by atoms with Crippen LogP contribution in [0.2, 0.25) is 0 Å². The van der Waals surface area contributed by atoms with Gasteiger partial charge in [0.25, 0.3) is 0 Å². The monoisotopic (exact) mass is 204 g/mol. The van der Waals surface area contributed by atoms with Crippen LogP contribution in [0.1, 0.15) is 32.6 Å². The van der Waals surface area contributed by atoms with Crippen molar-refractivity contribution < 1.29 is 64.0 Å². The molecule has 0 aliphatic carbocycles. The van der Waals surface area contributed by atoms with Crippen LogP contribution in [0.25, 0.3) is 0 Å². The van der Waals surface area contributed by atoms with Gasteiger partial charge in [0.05, 0.1) is 11.0 Å². The first kappa shape index (κ1) is 15.0. The van der Waals surface area contributed by atoms with Crippen molar-refractivity contribution in [2.45, 2.75) is 32.6 Å². The molecule has 5 heteroatoms. The summed E-state index contributed by atoms with van der Waals surface area (Å²) < 4.78 is 23.9. The summed E-state index contributed by atoms with van der Waals surface area (Å²) in [6.07, 6.45) is 4.19. The van der Waals surface area contributed by atoms with Gasteiger partial charge in [-0.15, -0.1) is 0 Å². The summed E-state index contributed by atoms with van der Waals surface area (Å²) >= 11 is 0. The van der Waals surface area contributed by atoms with Gasteiger partial charge in [0.2, 0.25) is 0 Å². The molecular formula is C6H13KO3S. The van der Waals surface area contributed by atoms with Crippen LogP contribution in [0.5, 0.6) is 0 Å². The van der Waals surface area contributed by atoms with Crippen LogP contribution >= 0.6 is 0 Å². The Morgan fingerprint density at radius 3 is 2.27 bits per heavy atom. The Labute approximate surface area is 112 Å². The van der Waals surface area contributed by atoms with E-state index in [4.69, 9.17) is 0 Å². The largest absolute Gasteiger partial charge is 1.00 e. The van der Waals surface area contributed by atoms with Crippen LogP contribution in [0.3, 0.4) is 0 Å². The van der Waals surface area contributed by atoms with E-state index in [1.807, 2.05) is 0 Å². The Kier molecular flexibility index (Phi) is 15.8. The van der Waals surface area contributed by atoms with Gasteiger partial charge in [-0.05, 0) is 6.42 Å². The van der Waals surface area contributed by atoms with E-state index in [0.717, 1.165) is 25.7 Å². The second-order valence-electron chi connectivity index (χ2n) is 2.09. The van der Waals surface area contributed by atoms with Crippen molar-refractivity contribution in [2.75, 3.05) is 6.61 Å². The molecule has 0 heterocycles. The quantitative estimate of drug-likeness (QED) is 0.310. The van der Waals surface area contributed by atoms with Crippen molar-refractivity contribution in [1.82, 2.24) is 0 Å². The maximum absolute atomic E-state index is 9.81. The molecule has 0 unspecified atom stereocenters. The summed E-state index contributed by atoms with van der Waals surface area (Å²) in [6.45, 7) is 2.43. The molecule has 0 aromatic heterocycles. The van der Waals surface area contributed by atoms with Crippen molar-refractivity contribution in [1.29, 1.82) is 0 Å². The second-order valence-corrected chi connectivity index (χ2v) is 2.73. The zero-order valence-corrected chi connectivity index (χ0v) is 11.1. The summed E-state index contributed by atoms with van der Waals surface area (Å²) in [5.41, 5.74) is 0. The number of rotatable bonds is 6. The molecule has 0 rings (SSSR count). The minimum Gasteiger partial charge on any atom is -0.424 e. The third-order valence-corrected chi connectivity index (χ3v) is 1.54. The first-order valence-electron chi connectivity index (χ1n) is 3.50. The molecule has 62 valence electrons. The van der Waals surface area contributed by atoms with E-state index >= 15 is 0 Å². The molecule has 0 saturated heterocycles. The Hall–Kier alpha value is 1.55. The maximum atomic E-state index is 9.81. The molecule has 0 bridgehead atoms. The van der Waals surface area contributed by atoms with Crippen LogP contribution < -0.4 is 51.4 Å². The number of hydrogen-bond acceptors (Lipinski definition) is 4. The zero-order chi connectivity index (χ0) is 7.82. The normalized spacial score (nSPS) is 9.64. The van der Waals surface area contributed by atoms with Crippen LogP contribution in [-0.4, -0.2) is 6.61 Å². The van der Waals surface area contributed by atoms with E-state index in [1.165, 1.54) is 0 Å². The second kappa shape index (κ2) is 11.5. The van der Waals surface area contributed by atoms with Crippen LogP contribution in [0.15, 0.2) is 0 Å². The van der Waals surface area contributed by atoms with Crippen molar-refractivity contribution >= 4 is 11.0 Å². The minimum absolute atomic E-state index is 0. The molecule has 0 atom stereocenters. The number of hydrogen-bond donors (Lipinski definition) is 0. The fraction of sp³-hybridized carbons (Fsp3) is 1.00. The Morgan fingerprint density at radius 2 is 1.82 bits per heavy atom. The van der Waals surface area contributed by atoms with E-state index in [2.05, 4.69) is 11.1 Å². The molecule has 0 aliphatic rings. The van der Waals surface area contributed by atoms with Crippen molar-refractivity contribution in [3.8, 4) is 0 Å². The topological polar surface area (TPSA) is 43.4 Å². The van der Waals surface area contributed by atoms with E-state index in [1.54, 1.807) is 0 Å². The Balaban J connectivity index is 0. The predicted molar refractivity (Wildman–Crippen MR) is 38.8 cm³/mol. The summed E-state index contributed by atoms with van der Waals surface area (Å²) in [4.78, 5) is 0. The average Bonchev–Trinajstić information content (AvgIpc) is 1.87. The molecule has 0 saturated carbocycles. The van der Waals surface area contributed by atoms with Crippen molar-refractivity contribution in [2.24, 2.45) is 0 Å². The summed E-state index contributed by atoms with van der Waals surface area (Å²) in [7, 11) is -2.32. The molecule has 11 heavy (non-hydrogen) atoms. The van der Waals surface area contributed by atoms with Gasteiger partial charge in [-0.3, -0.25) is 0 Å². The minimum atomic E-state index is -2.32. The molecule has 0 aromatic carbocycles. The van der Waals surface area contributed by atoms with E-state index in [0.29, 0.717) is 6.61 Å². The molecule has 0 aromatic rings. The zero-order valence-electron chi connectivity index (χ0n) is 7.17. The SMILES string of the molecule is CCCCCCO[S-](=O)=O.[K+]. The molecule has 3 nitrogen and oxygen atoms in total. The van der Waals surface area contributed by atoms with Crippen LogP contribution in [0, 0.1) is 0 Å². The molecule has 0 amide bonds. The standard InChI is InChI=1S/C6H13O3S.K/c1-2-3-4-5-6-9-10(7)8;/h2-6H2,1H3;/q-1;+1. The fourth-order valence-corrected chi connectivity index (χ4v) is 0.910. The summed E-state index contributed by atoms with van der Waals surface area (Å²) in [5, 5.41) is 0. The maximum Gasteiger partial charge on any atom is 1.00 e. The molecule has 0 aliphatic heterocycles. The molecule has 0 radical (unpaired) electrons. The first-order valence-corrected chi connectivity index (χ1v) is 4.50.